The van der Waals surface area contributed by atoms with E-state index in [0.29, 0.717) is 0 Å². The first-order chi connectivity index (χ1) is 6.82. The van der Waals surface area contributed by atoms with Gasteiger partial charge in [0, 0.05) is 12.2 Å². The summed E-state index contributed by atoms with van der Waals surface area (Å²) in [6.07, 6.45) is 1.16. The van der Waals surface area contributed by atoms with Crippen LogP contribution in [-0.2, 0) is 14.6 Å². The normalized spacial score (nSPS) is 13.5. The number of rotatable bonds is 3. The third-order valence-electron chi connectivity index (χ3n) is 2.42. The van der Waals surface area contributed by atoms with Gasteiger partial charge in [-0.15, -0.1) is 0 Å². The van der Waals surface area contributed by atoms with Gasteiger partial charge >= 0.3 is 0 Å². The maximum absolute atomic E-state index is 11.2. The van der Waals surface area contributed by atoms with Gasteiger partial charge in [-0.25, -0.2) is 8.42 Å². The largest absolute Gasteiger partial charge is 0.299 e. The molecule has 1 atom stereocenters. The summed E-state index contributed by atoms with van der Waals surface area (Å²) in [7, 11) is -3.15. The number of hydrogen-bond acceptors (Lipinski definition) is 3. The Morgan fingerprint density at radius 2 is 1.67 bits per heavy atom. The minimum atomic E-state index is -3.15. The summed E-state index contributed by atoms with van der Waals surface area (Å²) < 4.78 is 22.4. The van der Waals surface area contributed by atoms with Crippen molar-refractivity contribution in [3.05, 3.63) is 29.8 Å². The van der Waals surface area contributed by atoms with Crippen molar-refractivity contribution >= 4 is 15.6 Å². The topological polar surface area (TPSA) is 51.2 Å². The molecule has 0 aliphatic rings. The van der Waals surface area contributed by atoms with Crippen molar-refractivity contribution in [2.75, 3.05) is 6.26 Å². The highest BCUT2D eigenvalue weighted by Crippen LogP contribution is 2.18. The van der Waals surface area contributed by atoms with E-state index in [-0.39, 0.29) is 16.6 Å². The minimum Gasteiger partial charge on any atom is -0.299 e. The van der Waals surface area contributed by atoms with E-state index in [9.17, 15) is 13.2 Å². The lowest BCUT2D eigenvalue weighted by molar-refractivity contribution is -0.118. The van der Waals surface area contributed by atoms with Crippen molar-refractivity contribution in [3.8, 4) is 0 Å². The average Bonchev–Trinajstić information content (AvgIpc) is 2.15. The van der Waals surface area contributed by atoms with E-state index in [1.165, 1.54) is 19.1 Å². The highest BCUT2D eigenvalue weighted by atomic mass is 32.2. The van der Waals surface area contributed by atoms with Crippen LogP contribution in [0.1, 0.15) is 25.3 Å². The molecule has 3 nitrogen and oxygen atoms in total. The standard InChI is InChI=1S/C11H14O3S/c1-8(9(2)12)10-4-6-11(7-5-10)15(3,13)14/h4-8H,1-3H3. The Labute approximate surface area is 90.0 Å². The Hall–Kier alpha value is -1.16. The van der Waals surface area contributed by atoms with Crippen molar-refractivity contribution in [2.45, 2.75) is 24.7 Å². The number of sulfone groups is 1. The van der Waals surface area contributed by atoms with E-state index in [1.807, 2.05) is 0 Å². The summed E-state index contributed by atoms with van der Waals surface area (Å²) in [5.74, 6) is -0.110. The molecule has 0 aromatic heterocycles. The van der Waals surface area contributed by atoms with E-state index in [4.69, 9.17) is 0 Å². The van der Waals surface area contributed by atoms with Gasteiger partial charge in [0.05, 0.1) is 4.90 Å². The minimum absolute atomic E-state index is 0.0714. The molecule has 0 N–H and O–H groups in total. The molecular weight excluding hydrogens is 212 g/mol. The monoisotopic (exact) mass is 226 g/mol. The lowest BCUT2D eigenvalue weighted by Crippen LogP contribution is -2.04. The molecule has 0 fully saturated rings. The van der Waals surface area contributed by atoms with Crippen LogP contribution in [0.2, 0.25) is 0 Å². The van der Waals surface area contributed by atoms with Crippen molar-refractivity contribution in [1.29, 1.82) is 0 Å². The molecule has 0 aliphatic heterocycles. The fraction of sp³-hybridized carbons (Fsp3) is 0.364. The molecule has 0 aliphatic carbocycles. The van der Waals surface area contributed by atoms with Crippen LogP contribution in [0.4, 0.5) is 0 Å². The van der Waals surface area contributed by atoms with Crippen LogP contribution in [0.3, 0.4) is 0 Å². The van der Waals surface area contributed by atoms with Crippen LogP contribution < -0.4 is 0 Å². The molecule has 1 unspecified atom stereocenters. The van der Waals surface area contributed by atoms with E-state index in [2.05, 4.69) is 0 Å². The number of benzene rings is 1. The van der Waals surface area contributed by atoms with Gasteiger partial charge < -0.3 is 0 Å². The third-order valence-corrected chi connectivity index (χ3v) is 3.55. The SMILES string of the molecule is CC(=O)C(C)c1ccc(S(C)(=O)=O)cc1. The summed E-state index contributed by atoms with van der Waals surface area (Å²) >= 11 is 0. The molecule has 0 bridgehead atoms. The van der Waals surface area contributed by atoms with Crippen LogP contribution >= 0.6 is 0 Å². The summed E-state index contributed by atoms with van der Waals surface area (Å²) in [6.45, 7) is 3.33. The molecule has 4 heteroatoms. The maximum atomic E-state index is 11.2. The summed E-state index contributed by atoms with van der Waals surface area (Å²) in [5.41, 5.74) is 0.843. The van der Waals surface area contributed by atoms with Gasteiger partial charge in [0.15, 0.2) is 9.84 Å². The number of Topliss-reactive ketones (excluding diaryl/α,β-unsaturated/α-hetero) is 1. The Morgan fingerprint density at radius 3 is 2.00 bits per heavy atom. The van der Waals surface area contributed by atoms with Gasteiger partial charge in [-0.1, -0.05) is 19.1 Å². The van der Waals surface area contributed by atoms with Crippen LogP contribution in [0.5, 0.6) is 0 Å². The molecule has 0 spiro atoms. The highest BCUT2D eigenvalue weighted by molar-refractivity contribution is 7.90. The van der Waals surface area contributed by atoms with Gasteiger partial charge in [0.1, 0.15) is 5.78 Å². The van der Waals surface area contributed by atoms with Gasteiger partial charge in [0.2, 0.25) is 0 Å². The first kappa shape index (κ1) is 11.9. The van der Waals surface area contributed by atoms with Crippen LogP contribution in [0, 0.1) is 0 Å². The van der Waals surface area contributed by atoms with Crippen molar-refractivity contribution in [2.24, 2.45) is 0 Å². The Bertz CT molecular complexity index is 457. The van der Waals surface area contributed by atoms with E-state index in [0.717, 1.165) is 11.8 Å². The van der Waals surface area contributed by atoms with Crippen LogP contribution in [0.25, 0.3) is 0 Å². The van der Waals surface area contributed by atoms with E-state index >= 15 is 0 Å². The van der Waals surface area contributed by atoms with E-state index < -0.39 is 9.84 Å². The van der Waals surface area contributed by atoms with Crippen molar-refractivity contribution in [3.63, 3.8) is 0 Å². The predicted octanol–water partition coefficient (Wildman–Crippen LogP) is 1.78. The second-order valence-corrected chi connectivity index (χ2v) is 5.69. The first-order valence-electron chi connectivity index (χ1n) is 4.63. The van der Waals surface area contributed by atoms with Crippen molar-refractivity contribution < 1.29 is 13.2 Å². The Balaban J connectivity index is 3.06. The quantitative estimate of drug-likeness (QED) is 0.789. The molecular formula is C11H14O3S. The summed E-state index contributed by atoms with van der Waals surface area (Å²) in [6, 6.07) is 6.43. The zero-order valence-electron chi connectivity index (χ0n) is 9.02. The zero-order chi connectivity index (χ0) is 11.6. The molecule has 0 radical (unpaired) electrons. The van der Waals surface area contributed by atoms with Gasteiger partial charge in [0.25, 0.3) is 0 Å². The molecule has 1 aromatic carbocycles. The van der Waals surface area contributed by atoms with Crippen LogP contribution in [-0.4, -0.2) is 20.5 Å². The maximum Gasteiger partial charge on any atom is 0.175 e. The fourth-order valence-electron chi connectivity index (χ4n) is 1.24. The molecule has 82 valence electrons. The molecule has 0 saturated heterocycles. The lowest BCUT2D eigenvalue weighted by atomic mass is 9.98. The Morgan fingerprint density at radius 1 is 1.20 bits per heavy atom. The first-order valence-corrected chi connectivity index (χ1v) is 6.52. The fourth-order valence-corrected chi connectivity index (χ4v) is 1.87. The van der Waals surface area contributed by atoms with Gasteiger partial charge in [-0.2, -0.15) is 0 Å². The summed E-state index contributed by atoms with van der Waals surface area (Å²) in [5, 5.41) is 0. The number of carbonyl (C=O) groups is 1. The smallest absolute Gasteiger partial charge is 0.175 e. The molecule has 1 rings (SSSR count). The molecule has 0 saturated carbocycles. The number of hydrogen-bond donors (Lipinski definition) is 0. The van der Waals surface area contributed by atoms with Gasteiger partial charge in [-0.3, -0.25) is 4.79 Å². The molecule has 0 heterocycles. The zero-order valence-corrected chi connectivity index (χ0v) is 9.84. The average molecular weight is 226 g/mol. The Kier molecular flexibility index (Phi) is 3.29. The number of carbonyl (C=O) groups excluding carboxylic acids is 1. The van der Waals surface area contributed by atoms with Crippen LogP contribution in [0.15, 0.2) is 29.2 Å². The lowest BCUT2D eigenvalue weighted by Gasteiger charge is -2.08. The predicted molar refractivity (Wildman–Crippen MR) is 58.6 cm³/mol. The number of ketones is 1. The van der Waals surface area contributed by atoms with E-state index in [1.54, 1.807) is 19.1 Å². The molecule has 0 amide bonds. The highest BCUT2D eigenvalue weighted by Gasteiger charge is 2.12. The molecule has 1 aromatic rings. The van der Waals surface area contributed by atoms with Gasteiger partial charge in [-0.05, 0) is 24.6 Å². The summed E-state index contributed by atoms with van der Waals surface area (Å²) in [4.78, 5) is 11.4. The third kappa shape index (κ3) is 2.89. The second kappa shape index (κ2) is 4.14. The van der Waals surface area contributed by atoms with Crippen molar-refractivity contribution in [1.82, 2.24) is 0 Å². The molecule has 15 heavy (non-hydrogen) atoms. The second-order valence-electron chi connectivity index (χ2n) is 3.67.